The van der Waals surface area contributed by atoms with Crippen LogP contribution in [0.4, 0.5) is 5.82 Å². The van der Waals surface area contributed by atoms with Gasteiger partial charge in [0.15, 0.2) is 0 Å². The van der Waals surface area contributed by atoms with Crippen molar-refractivity contribution in [2.45, 2.75) is 25.7 Å². The third kappa shape index (κ3) is 3.44. The highest BCUT2D eigenvalue weighted by Gasteiger charge is 2.42. The number of halogens is 1. The average Bonchev–Trinajstić information content (AvgIpc) is 2.46. The van der Waals surface area contributed by atoms with Crippen molar-refractivity contribution < 1.29 is 4.74 Å². The molecule has 1 fully saturated rings. The van der Waals surface area contributed by atoms with Gasteiger partial charge < -0.3 is 20.8 Å². The van der Waals surface area contributed by atoms with Crippen LogP contribution < -0.4 is 11.2 Å². The Balaban J connectivity index is 2.30. The van der Waals surface area contributed by atoms with E-state index in [4.69, 9.17) is 22.2 Å². The molecule has 1 aromatic heterocycles. The molecule has 0 aliphatic carbocycles. The second-order valence-corrected chi connectivity index (χ2v) is 5.99. The van der Waals surface area contributed by atoms with Gasteiger partial charge in [-0.2, -0.15) is 5.10 Å². The van der Waals surface area contributed by atoms with Gasteiger partial charge in [0.05, 0.1) is 13.2 Å². The van der Waals surface area contributed by atoms with Crippen LogP contribution in [-0.2, 0) is 10.2 Å². The number of hydrazone groups is 1. The molecule has 0 spiro atoms. The van der Waals surface area contributed by atoms with Crippen molar-refractivity contribution in [2.24, 2.45) is 10.9 Å². The maximum absolute atomic E-state index is 6.18. The molecule has 2 rings (SSSR count). The van der Waals surface area contributed by atoms with Crippen molar-refractivity contribution in [1.29, 1.82) is 0 Å². The third-order valence-corrected chi connectivity index (χ3v) is 4.28. The summed E-state index contributed by atoms with van der Waals surface area (Å²) in [5.41, 5.74) is 0.971. The van der Waals surface area contributed by atoms with E-state index in [1.807, 2.05) is 31.0 Å². The first-order chi connectivity index (χ1) is 10.5. The summed E-state index contributed by atoms with van der Waals surface area (Å²) in [6, 6.07) is 3.95. The molecular formula is C15H24ClN5O. The van der Waals surface area contributed by atoms with Gasteiger partial charge >= 0.3 is 0 Å². The normalized spacial score (nSPS) is 17.0. The van der Waals surface area contributed by atoms with E-state index in [9.17, 15) is 0 Å². The fourth-order valence-electron chi connectivity index (χ4n) is 2.56. The number of nitrogens with two attached hydrogens (primary N) is 1. The molecule has 1 aliphatic heterocycles. The van der Waals surface area contributed by atoms with E-state index in [1.54, 1.807) is 0 Å². The molecule has 2 heterocycles. The molecule has 7 heteroatoms. The van der Waals surface area contributed by atoms with Gasteiger partial charge in [-0.25, -0.2) is 4.98 Å². The Bertz CT molecular complexity index is 545. The first kappa shape index (κ1) is 16.8. The number of pyridine rings is 1. The molecule has 0 saturated carbocycles. The number of anilines is 1. The molecule has 0 amide bonds. The lowest BCUT2D eigenvalue weighted by Crippen LogP contribution is -2.50. The van der Waals surface area contributed by atoms with Gasteiger partial charge in [-0.15, -0.1) is 0 Å². The van der Waals surface area contributed by atoms with Crippen molar-refractivity contribution in [3.63, 3.8) is 0 Å². The van der Waals surface area contributed by atoms with Crippen molar-refractivity contribution >= 4 is 23.3 Å². The molecule has 0 atom stereocenters. The second-order valence-electron chi connectivity index (χ2n) is 5.60. The SMILES string of the molecule is CCNc1cc(C2(C/C(=N/N)N(C)CC)COC2)cc(Cl)n1. The van der Waals surface area contributed by atoms with Gasteiger partial charge in [-0.3, -0.25) is 0 Å². The number of hydrogen-bond donors (Lipinski definition) is 2. The number of nitrogens with zero attached hydrogens (tertiary/aromatic N) is 3. The van der Waals surface area contributed by atoms with Gasteiger partial charge in [0.2, 0.25) is 0 Å². The van der Waals surface area contributed by atoms with E-state index in [0.717, 1.165) is 36.7 Å². The predicted octanol–water partition coefficient (Wildman–Crippen LogP) is 2.05. The third-order valence-electron chi connectivity index (χ3n) is 4.08. The number of nitrogens with one attached hydrogen (secondary N) is 1. The first-order valence-corrected chi connectivity index (χ1v) is 7.90. The Labute approximate surface area is 136 Å². The van der Waals surface area contributed by atoms with E-state index in [1.165, 1.54) is 0 Å². The summed E-state index contributed by atoms with van der Waals surface area (Å²) in [4.78, 5) is 6.34. The highest BCUT2D eigenvalue weighted by atomic mass is 35.5. The lowest BCUT2D eigenvalue weighted by molar-refractivity contribution is -0.0573. The number of hydrogen-bond acceptors (Lipinski definition) is 5. The molecule has 1 saturated heterocycles. The molecule has 0 unspecified atom stereocenters. The summed E-state index contributed by atoms with van der Waals surface area (Å²) >= 11 is 6.18. The quantitative estimate of drug-likeness (QED) is 0.275. The number of amidine groups is 1. The van der Waals surface area contributed by atoms with E-state index >= 15 is 0 Å². The van der Waals surface area contributed by atoms with Crippen LogP contribution in [0.15, 0.2) is 17.2 Å². The van der Waals surface area contributed by atoms with Crippen LogP contribution >= 0.6 is 11.6 Å². The molecule has 3 N–H and O–H groups in total. The largest absolute Gasteiger partial charge is 0.379 e. The van der Waals surface area contributed by atoms with Crippen molar-refractivity contribution in [3.05, 3.63) is 22.8 Å². The average molecular weight is 326 g/mol. The Kier molecular flexibility index (Phi) is 5.47. The zero-order valence-electron chi connectivity index (χ0n) is 13.4. The molecule has 22 heavy (non-hydrogen) atoms. The van der Waals surface area contributed by atoms with Gasteiger partial charge in [0.25, 0.3) is 0 Å². The highest BCUT2D eigenvalue weighted by molar-refractivity contribution is 6.29. The minimum Gasteiger partial charge on any atom is -0.379 e. The topological polar surface area (TPSA) is 75.8 Å². The van der Waals surface area contributed by atoms with E-state index in [2.05, 4.69) is 22.3 Å². The minimum atomic E-state index is -0.140. The van der Waals surface area contributed by atoms with Crippen LogP contribution in [0.1, 0.15) is 25.8 Å². The van der Waals surface area contributed by atoms with Crippen molar-refractivity contribution in [1.82, 2.24) is 9.88 Å². The summed E-state index contributed by atoms with van der Waals surface area (Å²) < 4.78 is 5.49. The first-order valence-electron chi connectivity index (χ1n) is 7.52. The van der Waals surface area contributed by atoms with Crippen LogP contribution in [0, 0.1) is 0 Å². The van der Waals surface area contributed by atoms with Gasteiger partial charge in [0, 0.05) is 32.0 Å². The fourth-order valence-corrected chi connectivity index (χ4v) is 2.77. The molecule has 6 nitrogen and oxygen atoms in total. The predicted molar refractivity (Wildman–Crippen MR) is 90.5 cm³/mol. The van der Waals surface area contributed by atoms with E-state index in [0.29, 0.717) is 18.4 Å². The van der Waals surface area contributed by atoms with Gasteiger partial charge in [-0.05, 0) is 31.5 Å². The maximum Gasteiger partial charge on any atom is 0.131 e. The summed E-state index contributed by atoms with van der Waals surface area (Å²) in [6.07, 6.45) is 0.722. The van der Waals surface area contributed by atoms with Crippen molar-refractivity contribution in [2.75, 3.05) is 38.7 Å². The van der Waals surface area contributed by atoms with Crippen molar-refractivity contribution in [3.8, 4) is 0 Å². The van der Waals surface area contributed by atoms with Crippen LogP contribution in [0.5, 0.6) is 0 Å². The molecule has 0 bridgehead atoms. The molecule has 0 radical (unpaired) electrons. The summed E-state index contributed by atoms with van der Waals surface area (Å²) in [6.45, 7) is 7.02. The summed E-state index contributed by atoms with van der Waals surface area (Å²) in [5.74, 6) is 7.22. The molecule has 0 aromatic carbocycles. The van der Waals surface area contributed by atoms with E-state index < -0.39 is 0 Å². The molecule has 1 aromatic rings. The zero-order valence-corrected chi connectivity index (χ0v) is 14.2. The summed E-state index contributed by atoms with van der Waals surface area (Å²) in [7, 11) is 1.99. The lowest BCUT2D eigenvalue weighted by Gasteiger charge is -2.43. The Hall–Kier alpha value is -1.53. The lowest BCUT2D eigenvalue weighted by atomic mass is 9.75. The highest BCUT2D eigenvalue weighted by Crippen LogP contribution is 2.38. The van der Waals surface area contributed by atoms with Crippen LogP contribution in [0.25, 0.3) is 0 Å². The zero-order chi connectivity index (χ0) is 16.2. The smallest absolute Gasteiger partial charge is 0.131 e. The molecule has 122 valence electrons. The second kappa shape index (κ2) is 7.15. The monoisotopic (exact) mass is 325 g/mol. The molecule has 1 aliphatic rings. The number of rotatable bonds is 6. The number of ether oxygens (including phenoxy) is 1. The van der Waals surface area contributed by atoms with Crippen LogP contribution in [0.2, 0.25) is 5.15 Å². The Morgan fingerprint density at radius 3 is 2.73 bits per heavy atom. The van der Waals surface area contributed by atoms with Gasteiger partial charge in [-0.1, -0.05) is 11.6 Å². The number of aromatic nitrogens is 1. The standard InChI is InChI=1S/C15H24ClN5O/c1-4-18-13-7-11(6-12(16)19-13)15(9-22-10-15)8-14(20-17)21(3)5-2/h6-7H,4-5,8-10,17H2,1-3H3,(H,18,19)/b20-14-. The Morgan fingerprint density at radius 2 is 2.23 bits per heavy atom. The maximum atomic E-state index is 6.18. The van der Waals surface area contributed by atoms with Crippen LogP contribution in [-0.4, -0.2) is 49.1 Å². The summed E-state index contributed by atoms with van der Waals surface area (Å²) in [5, 5.41) is 7.64. The van der Waals surface area contributed by atoms with Gasteiger partial charge in [0.1, 0.15) is 16.8 Å². The van der Waals surface area contributed by atoms with E-state index in [-0.39, 0.29) is 5.41 Å². The molecular weight excluding hydrogens is 302 g/mol. The Morgan fingerprint density at radius 1 is 1.50 bits per heavy atom. The minimum absolute atomic E-state index is 0.140. The van der Waals surface area contributed by atoms with Crippen LogP contribution in [0.3, 0.4) is 0 Å². The fraction of sp³-hybridized carbons (Fsp3) is 0.600.